The van der Waals surface area contributed by atoms with E-state index in [0.29, 0.717) is 17.3 Å². The highest BCUT2D eigenvalue weighted by atomic mass is 127. The van der Waals surface area contributed by atoms with E-state index in [0.717, 1.165) is 20.4 Å². The third-order valence-corrected chi connectivity index (χ3v) is 4.14. The average Bonchev–Trinajstić information content (AvgIpc) is 2.93. The van der Waals surface area contributed by atoms with Gasteiger partial charge in [-0.2, -0.15) is 0 Å². The van der Waals surface area contributed by atoms with Crippen molar-refractivity contribution in [1.29, 1.82) is 0 Å². The summed E-state index contributed by atoms with van der Waals surface area (Å²) in [7, 11) is 0. The van der Waals surface area contributed by atoms with E-state index in [2.05, 4.69) is 32.9 Å². The van der Waals surface area contributed by atoms with Gasteiger partial charge in [0.2, 0.25) is 5.89 Å². The van der Waals surface area contributed by atoms with Crippen LogP contribution in [-0.4, -0.2) is 10.9 Å². The molecule has 1 N–H and O–H groups in total. The van der Waals surface area contributed by atoms with Gasteiger partial charge in [-0.25, -0.2) is 4.98 Å². The van der Waals surface area contributed by atoms with Crippen LogP contribution in [0.2, 0.25) is 0 Å². The summed E-state index contributed by atoms with van der Waals surface area (Å²) < 4.78 is 6.76. The van der Waals surface area contributed by atoms with Crippen molar-refractivity contribution in [2.45, 2.75) is 13.8 Å². The Balaban J connectivity index is 1.87. The van der Waals surface area contributed by atoms with Gasteiger partial charge in [-0.05, 0) is 72.3 Å². The number of aromatic nitrogens is 1. The predicted octanol–water partition coefficient (Wildman–Crippen LogP) is 4.82. The maximum atomic E-state index is 12.5. The molecule has 3 rings (SSSR count). The Kier molecular flexibility index (Phi) is 4.47. The number of hydrogen-bond donors (Lipinski definition) is 1. The van der Waals surface area contributed by atoms with E-state index < -0.39 is 0 Å². The molecule has 23 heavy (non-hydrogen) atoms. The van der Waals surface area contributed by atoms with Crippen molar-refractivity contribution in [3.05, 3.63) is 69.1 Å². The molecule has 116 valence electrons. The highest BCUT2D eigenvalue weighted by Crippen LogP contribution is 2.23. The molecule has 3 aromatic rings. The highest BCUT2D eigenvalue weighted by Gasteiger charge is 2.18. The third kappa shape index (κ3) is 3.44. The SMILES string of the molecule is Cc1cc(I)ccc1NC(=O)c1nc(-c2ccccc2)oc1C. The molecule has 0 saturated heterocycles. The first-order valence-corrected chi connectivity index (χ1v) is 8.23. The maximum Gasteiger partial charge on any atom is 0.277 e. The first kappa shape index (κ1) is 15.7. The lowest BCUT2D eigenvalue weighted by atomic mass is 10.2. The lowest BCUT2D eigenvalue weighted by molar-refractivity contribution is 0.102. The van der Waals surface area contributed by atoms with E-state index in [9.17, 15) is 4.79 Å². The van der Waals surface area contributed by atoms with Gasteiger partial charge in [-0.15, -0.1) is 0 Å². The Labute approximate surface area is 148 Å². The van der Waals surface area contributed by atoms with Gasteiger partial charge in [-0.3, -0.25) is 4.79 Å². The summed E-state index contributed by atoms with van der Waals surface area (Å²) in [6.45, 7) is 3.71. The Morgan fingerprint density at radius 3 is 2.57 bits per heavy atom. The fraction of sp³-hybridized carbons (Fsp3) is 0.111. The Bertz CT molecular complexity index is 857. The molecule has 0 unspecified atom stereocenters. The molecule has 1 amide bonds. The molecule has 0 saturated carbocycles. The highest BCUT2D eigenvalue weighted by molar-refractivity contribution is 14.1. The van der Waals surface area contributed by atoms with Crippen molar-refractivity contribution in [3.63, 3.8) is 0 Å². The van der Waals surface area contributed by atoms with E-state index in [-0.39, 0.29) is 5.91 Å². The molecule has 0 aliphatic rings. The molecule has 0 spiro atoms. The molecule has 4 nitrogen and oxygen atoms in total. The standard InChI is InChI=1S/C18H15IN2O2/c1-11-10-14(19)8-9-15(11)20-17(22)16-12(2)23-18(21-16)13-6-4-3-5-7-13/h3-10H,1-2H3,(H,20,22). The number of nitrogens with one attached hydrogen (secondary N) is 1. The number of oxazole rings is 1. The third-order valence-electron chi connectivity index (χ3n) is 3.47. The molecule has 2 aromatic carbocycles. The summed E-state index contributed by atoms with van der Waals surface area (Å²) in [5.41, 5.74) is 2.94. The minimum Gasteiger partial charge on any atom is -0.441 e. The topological polar surface area (TPSA) is 55.1 Å². The molecule has 0 aliphatic carbocycles. The average molecular weight is 418 g/mol. The van der Waals surface area contributed by atoms with E-state index >= 15 is 0 Å². The molecule has 0 fully saturated rings. The van der Waals surface area contributed by atoms with Crippen LogP contribution in [0, 0.1) is 17.4 Å². The maximum absolute atomic E-state index is 12.5. The summed E-state index contributed by atoms with van der Waals surface area (Å²) >= 11 is 2.24. The zero-order chi connectivity index (χ0) is 16.4. The number of amides is 1. The number of halogens is 1. The molecule has 0 aliphatic heterocycles. The lowest BCUT2D eigenvalue weighted by Gasteiger charge is -2.07. The van der Waals surface area contributed by atoms with Crippen LogP contribution in [0.3, 0.4) is 0 Å². The van der Waals surface area contributed by atoms with Gasteiger partial charge in [-0.1, -0.05) is 18.2 Å². The van der Waals surface area contributed by atoms with E-state index in [1.54, 1.807) is 6.92 Å². The smallest absolute Gasteiger partial charge is 0.277 e. The monoisotopic (exact) mass is 418 g/mol. The normalized spacial score (nSPS) is 10.6. The number of aryl methyl sites for hydroxylation is 2. The summed E-state index contributed by atoms with van der Waals surface area (Å²) in [5, 5.41) is 2.89. The van der Waals surface area contributed by atoms with Gasteiger partial charge in [0, 0.05) is 14.8 Å². The van der Waals surface area contributed by atoms with Crippen LogP contribution in [-0.2, 0) is 0 Å². The summed E-state index contributed by atoms with van der Waals surface area (Å²) in [6.07, 6.45) is 0. The van der Waals surface area contributed by atoms with Crippen LogP contribution < -0.4 is 5.32 Å². The largest absolute Gasteiger partial charge is 0.441 e. The van der Waals surface area contributed by atoms with Crippen molar-refractivity contribution in [2.75, 3.05) is 5.32 Å². The van der Waals surface area contributed by atoms with Gasteiger partial charge in [0.15, 0.2) is 5.69 Å². The Hall–Kier alpha value is -2.15. The first-order valence-electron chi connectivity index (χ1n) is 7.15. The minimum atomic E-state index is -0.266. The van der Waals surface area contributed by atoms with Crippen LogP contribution in [0.4, 0.5) is 5.69 Å². The van der Waals surface area contributed by atoms with E-state index in [1.807, 2.05) is 55.5 Å². The molecular weight excluding hydrogens is 403 g/mol. The van der Waals surface area contributed by atoms with Crippen LogP contribution in [0.5, 0.6) is 0 Å². The minimum absolute atomic E-state index is 0.266. The number of hydrogen-bond acceptors (Lipinski definition) is 3. The number of carbonyl (C=O) groups is 1. The number of nitrogens with zero attached hydrogens (tertiary/aromatic N) is 1. The van der Waals surface area contributed by atoms with Crippen molar-refractivity contribution in [2.24, 2.45) is 0 Å². The molecular formula is C18H15IN2O2. The number of benzene rings is 2. The molecule has 0 atom stereocenters. The second-order valence-electron chi connectivity index (χ2n) is 5.20. The van der Waals surface area contributed by atoms with Crippen molar-refractivity contribution in [1.82, 2.24) is 4.98 Å². The number of rotatable bonds is 3. The summed E-state index contributed by atoms with van der Waals surface area (Å²) in [6, 6.07) is 15.4. The predicted molar refractivity (Wildman–Crippen MR) is 98.5 cm³/mol. The number of carbonyl (C=O) groups excluding carboxylic acids is 1. The second-order valence-corrected chi connectivity index (χ2v) is 6.45. The van der Waals surface area contributed by atoms with Gasteiger partial charge in [0.25, 0.3) is 5.91 Å². The quantitative estimate of drug-likeness (QED) is 0.621. The molecule has 0 bridgehead atoms. The molecule has 1 aromatic heterocycles. The summed E-state index contributed by atoms with van der Waals surface area (Å²) in [4.78, 5) is 16.8. The summed E-state index contributed by atoms with van der Waals surface area (Å²) in [5.74, 6) is 0.690. The first-order chi connectivity index (χ1) is 11.0. The van der Waals surface area contributed by atoms with Crippen LogP contribution in [0.25, 0.3) is 11.5 Å². The Morgan fingerprint density at radius 1 is 1.13 bits per heavy atom. The van der Waals surface area contributed by atoms with E-state index in [1.165, 1.54) is 0 Å². The van der Waals surface area contributed by atoms with E-state index in [4.69, 9.17) is 4.42 Å². The number of anilines is 1. The fourth-order valence-electron chi connectivity index (χ4n) is 2.26. The van der Waals surface area contributed by atoms with Gasteiger partial charge in [0.05, 0.1) is 0 Å². The van der Waals surface area contributed by atoms with Crippen molar-refractivity contribution >= 4 is 34.2 Å². The zero-order valence-corrected chi connectivity index (χ0v) is 14.9. The molecule has 5 heteroatoms. The Morgan fingerprint density at radius 2 is 1.87 bits per heavy atom. The second kappa shape index (κ2) is 6.54. The van der Waals surface area contributed by atoms with Crippen LogP contribution in [0.1, 0.15) is 21.8 Å². The fourth-order valence-corrected chi connectivity index (χ4v) is 2.91. The van der Waals surface area contributed by atoms with Gasteiger partial charge >= 0.3 is 0 Å². The molecule has 1 heterocycles. The van der Waals surface area contributed by atoms with Crippen molar-refractivity contribution < 1.29 is 9.21 Å². The lowest BCUT2D eigenvalue weighted by Crippen LogP contribution is -2.14. The molecule has 0 radical (unpaired) electrons. The van der Waals surface area contributed by atoms with Gasteiger partial charge in [0.1, 0.15) is 5.76 Å². The van der Waals surface area contributed by atoms with Crippen molar-refractivity contribution in [3.8, 4) is 11.5 Å². The van der Waals surface area contributed by atoms with Gasteiger partial charge < -0.3 is 9.73 Å². The zero-order valence-electron chi connectivity index (χ0n) is 12.8. The van der Waals surface area contributed by atoms with Crippen LogP contribution in [0.15, 0.2) is 52.9 Å². The van der Waals surface area contributed by atoms with Crippen LogP contribution >= 0.6 is 22.6 Å².